The minimum atomic E-state index is -0.576. The van der Waals surface area contributed by atoms with Gasteiger partial charge in [-0.1, -0.05) is 0 Å². The maximum Gasteiger partial charge on any atom is 0.407 e. The van der Waals surface area contributed by atoms with Crippen molar-refractivity contribution in [1.29, 1.82) is 0 Å². The molecule has 6 nitrogen and oxygen atoms in total. The van der Waals surface area contributed by atoms with E-state index in [4.69, 9.17) is 4.74 Å². The van der Waals surface area contributed by atoms with E-state index in [2.05, 4.69) is 10.6 Å². The van der Waals surface area contributed by atoms with Gasteiger partial charge in [-0.3, -0.25) is 4.79 Å². The minimum Gasteiger partial charge on any atom is -0.444 e. The molecule has 2 amide bonds. The summed E-state index contributed by atoms with van der Waals surface area (Å²) in [6, 6.07) is -0.450. The quantitative estimate of drug-likeness (QED) is 0.716. The Morgan fingerprint density at radius 2 is 2.20 bits per heavy atom. The van der Waals surface area contributed by atoms with Crippen molar-refractivity contribution in [2.24, 2.45) is 5.92 Å². The normalized spacial score (nSPS) is 25.2. The minimum absolute atomic E-state index is 0.0215. The first-order valence-electron chi connectivity index (χ1n) is 7.15. The Hall–Kier alpha value is -1.30. The summed E-state index contributed by atoms with van der Waals surface area (Å²) in [6.45, 7) is 5.14. The molecular formula is C14H24N2O4. The largest absolute Gasteiger partial charge is 0.444 e. The molecule has 0 bridgehead atoms. The van der Waals surface area contributed by atoms with E-state index in [0.29, 0.717) is 6.42 Å². The van der Waals surface area contributed by atoms with Crippen LogP contribution in [-0.2, 0) is 9.53 Å². The maximum atomic E-state index is 11.9. The third-order valence-corrected chi connectivity index (χ3v) is 3.76. The summed E-state index contributed by atoms with van der Waals surface area (Å²) in [5.41, 5.74) is -0.555. The second-order valence-corrected chi connectivity index (χ2v) is 6.93. The Kier molecular flexibility index (Phi) is 3.95. The number of carbonyl (C=O) groups excluding carboxylic acids is 2. The number of hydrogen-bond acceptors (Lipinski definition) is 4. The number of rotatable bonds is 4. The first kappa shape index (κ1) is 15.1. The molecule has 2 aliphatic rings. The van der Waals surface area contributed by atoms with E-state index in [1.165, 1.54) is 0 Å². The standard InChI is InChI=1S/C14H24N2O4/c1-13(2,3)20-12(19)15-10(8-17)6-9-7-14(4-5-14)16-11(9)18/h9-10,17H,4-8H2,1-3H3,(H,15,19)(H,16,18)/t9-,10-/m0/s1. The number of alkyl carbamates (subject to hydrolysis) is 1. The molecule has 1 heterocycles. The summed E-state index contributed by atoms with van der Waals surface area (Å²) >= 11 is 0. The number of carbonyl (C=O) groups is 2. The highest BCUT2D eigenvalue weighted by Crippen LogP contribution is 2.46. The van der Waals surface area contributed by atoms with E-state index < -0.39 is 17.7 Å². The van der Waals surface area contributed by atoms with Crippen LogP contribution in [0.1, 0.15) is 46.5 Å². The van der Waals surface area contributed by atoms with Crippen molar-refractivity contribution in [3.05, 3.63) is 0 Å². The number of ether oxygens (including phenoxy) is 1. The SMILES string of the molecule is CC(C)(C)OC(=O)N[C@H](CO)C[C@H]1CC2(CC2)NC1=O. The third-order valence-electron chi connectivity index (χ3n) is 3.76. The fourth-order valence-electron chi connectivity index (χ4n) is 2.65. The zero-order valence-electron chi connectivity index (χ0n) is 12.4. The second-order valence-electron chi connectivity index (χ2n) is 6.93. The summed E-state index contributed by atoms with van der Waals surface area (Å²) in [5.74, 6) is -0.100. The second kappa shape index (κ2) is 5.24. The molecule has 1 saturated heterocycles. The Balaban J connectivity index is 1.83. The summed E-state index contributed by atoms with van der Waals surface area (Å²) in [4.78, 5) is 23.5. The summed E-state index contributed by atoms with van der Waals surface area (Å²) in [6.07, 6.45) is 2.77. The highest BCUT2D eigenvalue weighted by molar-refractivity contribution is 5.83. The van der Waals surface area contributed by atoms with E-state index in [0.717, 1.165) is 19.3 Å². The molecule has 0 aromatic carbocycles. The van der Waals surface area contributed by atoms with Gasteiger partial charge in [-0.05, 0) is 46.5 Å². The number of nitrogens with one attached hydrogen (secondary N) is 2. The van der Waals surface area contributed by atoms with Crippen molar-refractivity contribution in [3.8, 4) is 0 Å². The van der Waals surface area contributed by atoms with Crippen molar-refractivity contribution in [2.75, 3.05) is 6.61 Å². The average molecular weight is 284 g/mol. The van der Waals surface area contributed by atoms with E-state index in [9.17, 15) is 14.7 Å². The molecule has 2 rings (SSSR count). The molecule has 1 aliphatic heterocycles. The summed E-state index contributed by atoms with van der Waals surface area (Å²) in [5, 5.41) is 15.0. The number of aliphatic hydroxyl groups is 1. The van der Waals surface area contributed by atoms with Gasteiger partial charge in [0.2, 0.25) is 5.91 Å². The molecule has 114 valence electrons. The molecular weight excluding hydrogens is 260 g/mol. The van der Waals surface area contributed by atoms with E-state index >= 15 is 0 Å². The highest BCUT2D eigenvalue weighted by atomic mass is 16.6. The van der Waals surface area contributed by atoms with Gasteiger partial charge in [0.05, 0.1) is 12.6 Å². The maximum absolute atomic E-state index is 11.9. The predicted molar refractivity (Wildman–Crippen MR) is 73.1 cm³/mol. The van der Waals surface area contributed by atoms with E-state index in [1.807, 2.05) is 0 Å². The molecule has 0 aromatic rings. The van der Waals surface area contributed by atoms with Crippen LogP contribution in [0.5, 0.6) is 0 Å². The first-order valence-corrected chi connectivity index (χ1v) is 7.15. The highest BCUT2D eigenvalue weighted by Gasteiger charge is 2.52. The molecule has 0 radical (unpaired) electrons. The lowest BCUT2D eigenvalue weighted by Crippen LogP contribution is -2.42. The number of amides is 2. The molecule has 2 atom stereocenters. The first-order chi connectivity index (χ1) is 9.23. The summed E-state index contributed by atoms with van der Waals surface area (Å²) < 4.78 is 5.15. The van der Waals surface area contributed by atoms with Gasteiger partial charge in [0.1, 0.15) is 5.60 Å². The lowest BCUT2D eigenvalue weighted by atomic mass is 9.96. The molecule has 0 unspecified atom stereocenters. The van der Waals surface area contributed by atoms with Crippen molar-refractivity contribution in [1.82, 2.24) is 10.6 Å². The van der Waals surface area contributed by atoms with E-state index in [-0.39, 0.29) is 24.0 Å². The van der Waals surface area contributed by atoms with Gasteiger partial charge in [-0.25, -0.2) is 4.79 Å². The van der Waals surface area contributed by atoms with Gasteiger partial charge < -0.3 is 20.5 Å². The molecule has 1 saturated carbocycles. The van der Waals surface area contributed by atoms with Crippen LogP contribution < -0.4 is 10.6 Å². The van der Waals surface area contributed by atoms with Crippen LogP contribution in [0, 0.1) is 5.92 Å². The van der Waals surface area contributed by atoms with E-state index in [1.54, 1.807) is 20.8 Å². The molecule has 1 spiro atoms. The van der Waals surface area contributed by atoms with Gasteiger partial charge in [0, 0.05) is 11.5 Å². The topological polar surface area (TPSA) is 87.7 Å². The molecule has 0 aromatic heterocycles. The fourth-order valence-corrected chi connectivity index (χ4v) is 2.65. The van der Waals surface area contributed by atoms with Gasteiger partial charge in [-0.2, -0.15) is 0 Å². The fraction of sp³-hybridized carbons (Fsp3) is 0.857. The van der Waals surface area contributed by atoms with Crippen molar-refractivity contribution in [3.63, 3.8) is 0 Å². The Bertz CT molecular complexity index is 398. The van der Waals surface area contributed by atoms with Crippen molar-refractivity contribution >= 4 is 12.0 Å². The monoisotopic (exact) mass is 284 g/mol. The molecule has 3 N–H and O–H groups in total. The van der Waals surface area contributed by atoms with Gasteiger partial charge >= 0.3 is 6.09 Å². The number of hydrogen-bond donors (Lipinski definition) is 3. The van der Waals surface area contributed by atoms with Crippen LogP contribution in [0.25, 0.3) is 0 Å². The Morgan fingerprint density at radius 1 is 1.55 bits per heavy atom. The molecule has 6 heteroatoms. The van der Waals surface area contributed by atoms with Crippen molar-refractivity contribution < 1.29 is 19.4 Å². The molecule has 20 heavy (non-hydrogen) atoms. The lowest BCUT2D eigenvalue weighted by molar-refractivity contribution is -0.123. The molecule has 2 fully saturated rings. The third kappa shape index (κ3) is 3.85. The van der Waals surface area contributed by atoms with Gasteiger partial charge in [0.25, 0.3) is 0 Å². The van der Waals surface area contributed by atoms with Crippen molar-refractivity contribution in [2.45, 2.75) is 63.6 Å². The van der Waals surface area contributed by atoms with Gasteiger partial charge in [0.15, 0.2) is 0 Å². The molecule has 1 aliphatic carbocycles. The smallest absolute Gasteiger partial charge is 0.407 e. The summed E-state index contributed by atoms with van der Waals surface area (Å²) in [7, 11) is 0. The zero-order valence-corrected chi connectivity index (χ0v) is 12.4. The van der Waals surface area contributed by atoms with Crippen LogP contribution >= 0.6 is 0 Å². The van der Waals surface area contributed by atoms with Crippen LogP contribution in [0.15, 0.2) is 0 Å². The lowest BCUT2D eigenvalue weighted by Gasteiger charge is -2.23. The Morgan fingerprint density at radius 3 is 2.65 bits per heavy atom. The average Bonchev–Trinajstić information content (AvgIpc) is 2.96. The predicted octanol–water partition coefficient (Wildman–Crippen LogP) is 0.931. The van der Waals surface area contributed by atoms with Crippen LogP contribution in [0.2, 0.25) is 0 Å². The zero-order chi connectivity index (χ0) is 15.0. The van der Waals surface area contributed by atoms with Crippen LogP contribution in [-0.4, -0.2) is 40.9 Å². The van der Waals surface area contributed by atoms with Gasteiger partial charge in [-0.15, -0.1) is 0 Å². The van der Waals surface area contributed by atoms with Crippen LogP contribution in [0.3, 0.4) is 0 Å². The number of aliphatic hydroxyl groups excluding tert-OH is 1. The Labute approximate surface area is 119 Å². The van der Waals surface area contributed by atoms with Crippen LogP contribution in [0.4, 0.5) is 4.79 Å².